The van der Waals surface area contributed by atoms with Crippen LogP contribution in [0.5, 0.6) is 0 Å². The highest BCUT2D eigenvalue weighted by atomic mass is 28.3. The molecule has 0 amide bonds. The molecule has 1 aliphatic carbocycles. The van der Waals surface area contributed by atoms with Crippen molar-refractivity contribution in [3.63, 3.8) is 0 Å². The van der Waals surface area contributed by atoms with Gasteiger partial charge in [0.05, 0.1) is 58.7 Å². The molecule has 168 valence electrons. The third-order valence-corrected chi connectivity index (χ3v) is 15.1. The molecule has 0 saturated heterocycles. The summed E-state index contributed by atoms with van der Waals surface area (Å²) in [4.78, 5) is 0. The normalized spacial score (nSPS) is 26.8. The Kier molecular flexibility index (Phi) is 6.23. The van der Waals surface area contributed by atoms with Crippen LogP contribution in [0.1, 0.15) is 0 Å². The van der Waals surface area contributed by atoms with Gasteiger partial charge < -0.3 is 9.47 Å². The van der Waals surface area contributed by atoms with Crippen LogP contribution in [0, 0.1) is 0 Å². The van der Waals surface area contributed by atoms with Crippen LogP contribution in [0.2, 0.25) is 78.6 Å². The van der Waals surface area contributed by atoms with E-state index in [0.717, 1.165) is 26.4 Å². The van der Waals surface area contributed by atoms with Gasteiger partial charge in [-0.2, -0.15) is 0 Å². The summed E-state index contributed by atoms with van der Waals surface area (Å²) in [5.41, 5.74) is 6.33. The molecule has 0 bridgehead atoms. The van der Waals surface area contributed by atoms with Gasteiger partial charge >= 0.3 is 0 Å². The van der Waals surface area contributed by atoms with Gasteiger partial charge in [-0.3, -0.25) is 0 Å². The van der Waals surface area contributed by atoms with Crippen LogP contribution >= 0.6 is 0 Å². The highest BCUT2D eigenvalue weighted by molar-refractivity contribution is 6.92. The van der Waals surface area contributed by atoms with Gasteiger partial charge in [0.15, 0.2) is 0 Å². The first-order valence-corrected chi connectivity index (χ1v) is 25.6. The fourth-order valence-electron chi connectivity index (χ4n) is 5.67. The standard InChI is InChI=1S/C24H44O2Si4/c1-27(2,3)21-17-13-25-14-18(17)23(29(7,8)9)24(30(10,11)12)20-16-26-15-19(20)22(21)28(4,5)6/h13-16H2,1-12H3/b21-17?,22-19?,22-21-,23-18?,24-20?,24-23-. The number of hydrogen-bond donors (Lipinski definition) is 0. The van der Waals surface area contributed by atoms with E-state index < -0.39 is 32.3 Å². The second-order valence-electron chi connectivity index (χ2n) is 13.4. The Bertz CT molecular complexity index is 734. The summed E-state index contributed by atoms with van der Waals surface area (Å²) < 4.78 is 12.6. The fraction of sp³-hybridized carbons (Fsp3) is 0.667. The van der Waals surface area contributed by atoms with Crippen molar-refractivity contribution >= 4 is 32.3 Å². The molecular formula is C24H44O2Si4. The summed E-state index contributed by atoms with van der Waals surface area (Å²) in [6.45, 7) is 33.7. The van der Waals surface area contributed by atoms with Crippen molar-refractivity contribution in [1.82, 2.24) is 0 Å². The number of ether oxygens (including phenoxy) is 2. The minimum absolute atomic E-state index is 0.805. The van der Waals surface area contributed by atoms with Crippen LogP contribution in [0.3, 0.4) is 0 Å². The molecule has 2 aliphatic heterocycles. The Labute approximate surface area is 189 Å². The number of hydrogen-bond acceptors (Lipinski definition) is 2. The molecule has 0 spiro atoms. The largest absolute Gasteiger partial charge is 0.372 e. The van der Waals surface area contributed by atoms with Crippen molar-refractivity contribution in [3.05, 3.63) is 43.1 Å². The summed E-state index contributed by atoms with van der Waals surface area (Å²) in [7, 11) is -6.38. The van der Waals surface area contributed by atoms with E-state index in [-0.39, 0.29) is 0 Å². The van der Waals surface area contributed by atoms with E-state index in [1.165, 1.54) is 0 Å². The third-order valence-electron chi connectivity index (χ3n) is 6.42. The molecule has 3 aliphatic rings. The molecule has 2 nitrogen and oxygen atoms in total. The van der Waals surface area contributed by atoms with E-state index in [0.29, 0.717) is 0 Å². The summed E-state index contributed by atoms with van der Waals surface area (Å²) in [5.74, 6) is 0. The minimum atomic E-state index is -1.60. The molecule has 0 aromatic rings. The zero-order valence-electron chi connectivity index (χ0n) is 21.6. The average molecular weight is 477 g/mol. The summed E-state index contributed by atoms with van der Waals surface area (Å²) in [6, 6.07) is 0. The van der Waals surface area contributed by atoms with Crippen molar-refractivity contribution in [3.8, 4) is 0 Å². The van der Waals surface area contributed by atoms with Crippen molar-refractivity contribution in [2.45, 2.75) is 78.6 Å². The lowest BCUT2D eigenvalue weighted by atomic mass is 10.0. The van der Waals surface area contributed by atoms with Gasteiger partial charge in [0.25, 0.3) is 0 Å². The van der Waals surface area contributed by atoms with Crippen LogP contribution in [0.25, 0.3) is 0 Å². The van der Waals surface area contributed by atoms with Crippen LogP contribution < -0.4 is 0 Å². The maximum absolute atomic E-state index is 6.28. The van der Waals surface area contributed by atoms with E-state index in [4.69, 9.17) is 9.47 Å². The predicted molar refractivity (Wildman–Crippen MR) is 143 cm³/mol. The molecule has 30 heavy (non-hydrogen) atoms. The summed E-state index contributed by atoms with van der Waals surface area (Å²) in [5, 5.41) is 6.88. The minimum Gasteiger partial charge on any atom is -0.372 e. The Hall–Kier alpha value is -0.252. The first kappa shape index (κ1) is 24.4. The fourth-order valence-corrected chi connectivity index (χ4v) is 18.3. The Morgan fingerprint density at radius 3 is 0.667 bits per heavy atom. The Morgan fingerprint density at radius 2 is 0.533 bits per heavy atom. The summed E-state index contributed by atoms with van der Waals surface area (Å²) in [6.07, 6.45) is 0. The molecule has 2 heterocycles. The van der Waals surface area contributed by atoms with Crippen molar-refractivity contribution < 1.29 is 9.47 Å². The lowest BCUT2D eigenvalue weighted by molar-refractivity contribution is 0.205. The highest BCUT2D eigenvalue weighted by Gasteiger charge is 2.44. The topological polar surface area (TPSA) is 18.5 Å². The zero-order chi connectivity index (χ0) is 22.9. The first-order valence-electron chi connectivity index (χ1n) is 11.6. The van der Waals surface area contributed by atoms with Gasteiger partial charge in [0.1, 0.15) is 0 Å². The van der Waals surface area contributed by atoms with Crippen LogP contribution in [-0.4, -0.2) is 58.7 Å². The second-order valence-corrected chi connectivity index (χ2v) is 33.4. The highest BCUT2D eigenvalue weighted by Crippen LogP contribution is 2.48. The molecule has 0 aromatic heterocycles. The van der Waals surface area contributed by atoms with E-state index in [1.807, 2.05) is 0 Å². The van der Waals surface area contributed by atoms with Gasteiger partial charge in [-0.05, 0) is 22.3 Å². The molecule has 0 saturated carbocycles. The SMILES string of the molecule is C[Si](C)(C)/C1=C(\[Si](C)(C)C)C2=C(COC2)/C([Si](C)(C)C)=C(/[Si](C)(C)C)C2=C1COC2. The zero-order valence-corrected chi connectivity index (χ0v) is 25.6. The molecule has 0 unspecified atom stereocenters. The second kappa shape index (κ2) is 7.66. The van der Waals surface area contributed by atoms with Crippen LogP contribution in [-0.2, 0) is 9.47 Å². The van der Waals surface area contributed by atoms with Gasteiger partial charge in [-0.25, -0.2) is 0 Å². The monoisotopic (exact) mass is 476 g/mol. The van der Waals surface area contributed by atoms with Crippen molar-refractivity contribution in [1.29, 1.82) is 0 Å². The lowest BCUT2D eigenvalue weighted by Gasteiger charge is -2.39. The molecular weight excluding hydrogens is 433 g/mol. The van der Waals surface area contributed by atoms with Crippen LogP contribution in [0.15, 0.2) is 43.1 Å². The van der Waals surface area contributed by atoms with Gasteiger partial charge in [-0.1, -0.05) is 99.3 Å². The van der Waals surface area contributed by atoms with Gasteiger partial charge in [0.2, 0.25) is 0 Å². The quantitative estimate of drug-likeness (QED) is 0.417. The summed E-state index contributed by atoms with van der Waals surface area (Å²) >= 11 is 0. The maximum atomic E-state index is 6.28. The van der Waals surface area contributed by atoms with Crippen LogP contribution in [0.4, 0.5) is 0 Å². The van der Waals surface area contributed by atoms with E-state index in [1.54, 1.807) is 43.1 Å². The van der Waals surface area contributed by atoms with Gasteiger partial charge in [0, 0.05) is 0 Å². The van der Waals surface area contributed by atoms with E-state index in [9.17, 15) is 0 Å². The number of rotatable bonds is 4. The third kappa shape index (κ3) is 4.33. The molecule has 0 atom stereocenters. The van der Waals surface area contributed by atoms with Crippen molar-refractivity contribution in [2.24, 2.45) is 0 Å². The first-order chi connectivity index (χ1) is 13.5. The Balaban J connectivity index is 2.60. The van der Waals surface area contributed by atoms with Crippen molar-refractivity contribution in [2.75, 3.05) is 26.4 Å². The lowest BCUT2D eigenvalue weighted by Crippen LogP contribution is -2.40. The van der Waals surface area contributed by atoms with E-state index in [2.05, 4.69) is 78.6 Å². The molecule has 0 N–H and O–H groups in total. The maximum Gasteiger partial charge on any atom is 0.0779 e. The molecule has 0 radical (unpaired) electrons. The predicted octanol–water partition coefficient (Wildman–Crippen LogP) is 6.76. The Morgan fingerprint density at radius 1 is 0.367 bits per heavy atom. The smallest absolute Gasteiger partial charge is 0.0779 e. The molecule has 0 aromatic carbocycles. The van der Waals surface area contributed by atoms with Gasteiger partial charge in [-0.15, -0.1) is 0 Å². The molecule has 6 heteroatoms. The molecule has 0 fully saturated rings. The average Bonchev–Trinajstić information content (AvgIpc) is 3.11. The molecule has 3 rings (SSSR count). The van der Waals surface area contributed by atoms with E-state index >= 15 is 0 Å².